The SMILES string of the molecule is CNC(CC(C)C)C(=O)NC1C(=O)N[C@@H](CC(N)=O)C(=O)N[C@H]2C(=O)N[C@H]3C(=O)N[C@H](C(=O)N[C@@H](C(=O)O)c4cc(O)cc(O)c4-c4cc3ccc4O)C(O)c3ccc(c(Cl)c3)Oc3cc2cc(c3OC2OC(CO)[C@H](O)C(O)[C@H]2O[C@@H]2CC(C)(NCc3cccc(NC(=O)c4ccc(C)c(OCc5ccccc5)c4[N+](=O)[O-])c3)[C@@H](O)C(C)O2)Oc2ccc(cc2Cl)[C@H]1O. The van der Waals surface area contributed by atoms with Crippen LogP contribution in [0.15, 0.2) is 146 Å². The molecule has 7 heterocycles. The first kappa shape index (κ1) is 93.8. The number of hydrogen-bond acceptors (Lipinski definition) is 29. The number of phenolic OH excluding ortho intramolecular Hbond substituents is 3. The lowest BCUT2D eigenvalue weighted by Gasteiger charge is -2.48. The number of carboxylic acids is 1. The third-order valence-corrected chi connectivity index (χ3v) is 23.2. The summed E-state index contributed by atoms with van der Waals surface area (Å²) in [5.74, 6) is -17.5. The number of amides is 8. The van der Waals surface area contributed by atoms with Gasteiger partial charge in [-0.25, -0.2) is 4.79 Å². The fourth-order valence-corrected chi connectivity index (χ4v) is 16.3. The van der Waals surface area contributed by atoms with E-state index in [2.05, 4.69) is 47.9 Å². The third kappa shape index (κ3) is 20.6. The summed E-state index contributed by atoms with van der Waals surface area (Å²) in [4.78, 5) is 144. The molecule has 0 aliphatic carbocycles. The number of nitrogens with two attached hydrogens (primary N) is 1. The van der Waals surface area contributed by atoms with Crippen LogP contribution in [0.1, 0.15) is 132 Å². The molecule has 8 amide bonds. The van der Waals surface area contributed by atoms with Gasteiger partial charge in [0.15, 0.2) is 29.9 Å². The minimum atomic E-state index is -2.41. The number of nitro benzene ring substituents is 1. The first-order valence-corrected chi connectivity index (χ1v) is 41.3. The van der Waals surface area contributed by atoms with Crippen molar-refractivity contribution >= 4 is 87.8 Å². The molecule has 18 atom stereocenters. The van der Waals surface area contributed by atoms with Crippen LogP contribution < -0.4 is 72.5 Å². The molecule has 8 unspecified atom stereocenters. The summed E-state index contributed by atoms with van der Waals surface area (Å²) in [6.45, 7) is 7.22. The van der Waals surface area contributed by atoms with Crippen molar-refractivity contribution in [3.63, 3.8) is 0 Å². The largest absolute Gasteiger partial charge is 0.508 e. The highest BCUT2D eigenvalue weighted by molar-refractivity contribution is 6.32. The standard InChI is InChI=1S/C88H93Cl2N11O28/c1-37(2)23-53(92-6)80(113)99-68-71(107)43-17-21-57(51(89)26-43)125-59-28-45-29-60(76(59)129-87-77(74(110)73(109)61(35-102)127-87)128-63-33-88(5,78(111)39(4)124-63)93-34-41-13-10-14-46(24-41)94-79(112)48-19-15-38(3)75(70(48)101(121)122)123-36-40-11-8-7-9-12-40)126-58-22-18-44(27-52(58)90)72(108)69-85(118)98-67(86(119)120)50-30-47(103)31-56(105)64(50)49-25-42(16-20-55(49)104)65(82(115)100-69)97-83(116)66(45)96-81(114)54(32-62(91)106)95-84(68)117/h7-22,24-31,37,39,53-54,61,63,65-69,71-74,77-78,87,92-93,102-105,107-111H,23,32-36H2,1-6H3,(H2,91,106)(H,94,112)(H,95,117)(H,96,114)(H,97,116)(H,98,118)(H,99,113)(H,100,115)(H,119,120)/t39?,53?,54-,61?,63+,65+,66+,67+,68?,69-,71+,72?,73-,74?,77+,78-,87?,88?/m0/s1. The van der Waals surface area contributed by atoms with Crippen molar-refractivity contribution in [3.05, 3.63) is 216 Å². The smallest absolute Gasteiger partial charge is 0.330 e. The Bertz CT molecular complexity index is 5680. The Kier molecular flexibility index (Phi) is 28.6. The van der Waals surface area contributed by atoms with Crippen molar-refractivity contribution in [3.8, 4) is 62.9 Å². The van der Waals surface area contributed by atoms with Crippen molar-refractivity contribution in [2.75, 3.05) is 19.0 Å². The second kappa shape index (κ2) is 39.4. The fraction of sp³-hybridized carbons (Fsp3) is 0.352. The highest BCUT2D eigenvalue weighted by atomic mass is 35.5. The van der Waals surface area contributed by atoms with E-state index in [1.165, 1.54) is 38.2 Å². The van der Waals surface area contributed by atoms with Gasteiger partial charge in [-0.3, -0.25) is 48.5 Å². The maximum absolute atomic E-state index is 16.3. The summed E-state index contributed by atoms with van der Waals surface area (Å²) >= 11 is 14.3. The van der Waals surface area contributed by atoms with E-state index in [9.17, 15) is 80.4 Å². The Morgan fingerprint density at radius 3 is 1.97 bits per heavy atom. The number of nitrogens with zero attached hydrogens (tertiary/aromatic N) is 1. The Morgan fingerprint density at radius 2 is 1.33 bits per heavy atom. The number of fused-ring (bicyclic) bond motifs is 15. The third-order valence-electron chi connectivity index (χ3n) is 22.6. The van der Waals surface area contributed by atoms with Gasteiger partial charge in [0.1, 0.15) is 102 Å². The van der Waals surface area contributed by atoms with E-state index in [-0.39, 0.29) is 71.4 Å². The molecule has 0 saturated carbocycles. The number of carbonyl (C=O) groups excluding carboxylic acids is 8. The van der Waals surface area contributed by atoms with Crippen molar-refractivity contribution in [2.24, 2.45) is 11.7 Å². The van der Waals surface area contributed by atoms with E-state index in [1.54, 1.807) is 82.3 Å². The zero-order valence-corrected chi connectivity index (χ0v) is 71.1. The number of halogens is 2. The number of anilines is 1. The molecule has 39 nitrogen and oxygen atoms in total. The number of nitro groups is 1. The minimum absolute atomic E-state index is 0.0309. The van der Waals surface area contributed by atoms with Gasteiger partial charge in [0, 0.05) is 46.9 Å². The van der Waals surface area contributed by atoms with Crippen molar-refractivity contribution in [1.29, 1.82) is 0 Å². The van der Waals surface area contributed by atoms with Gasteiger partial charge in [0.25, 0.3) is 5.91 Å². The fourth-order valence-electron chi connectivity index (χ4n) is 15.8. The van der Waals surface area contributed by atoms with Gasteiger partial charge in [-0.15, -0.1) is 0 Å². The number of primary amides is 1. The molecule has 682 valence electrons. The molecule has 41 heteroatoms. The van der Waals surface area contributed by atoms with Gasteiger partial charge in [-0.2, -0.15) is 0 Å². The molecule has 8 aromatic carbocycles. The van der Waals surface area contributed by atoms with E-state index in [4.69, 9.17) is 62.1 Å². The van der Waals surface area contributed by atoms with Gasteiger partial charge in [-0.05, 0) is 152 Å². The number of aliphatic hydroxyl groups excluding tert-OH is 6. The van der Waals surface area contributed by atoms with Gasteiger partial charge in [0.05, 0.1) is 46.2 Å². The van der Waals surface area contributed by atoms with Crippen LogP contribution in [-0.4, -0.2) is 202 Å². The van der Waals surface area contributed by atoms with Crippen LogP contribution in [0.25, 0.3) is 11.1 Å². The van der Waals surface area contributed by atoms with E-state index in [0.717, 1.165) is 72.3 Å². The normalized spacial score (nSPS) is 25.4. The van der Waals surface area contributed by atoms with Gasteiger partial charge < -0.3 is 138 Å². The lowest BCUT2D eigenvalue weighted by molar-refractivity contribution is -0.386. The number of hydrogen-bond donors (Lipinski definition) is 20. The summed E-state index contributed by atoms with van der Waals surface area (Å²) in [7, 11) is 1.46. The molecule has 11 bridgehead atoms. The highest BCUT2D eigenvalue weighted by Crippen LogP contribution is 2.51. The van der Waals surface area contributed by atoms with E-state index in [1.807, 2.05) is 0 Å². The number of carbonyl (C=O) groups is 9. The van der Waals surface area contributed by atoms with E-state index >= 15 is 24.0 Å². The summed E-state index contributed by atoms with van der Waals surface area (Å²) < 4.78 is 45.5. The Labute approximate surface area is 744 Å². The molecule has 0 aromatic heterocycles. The summed E-state index contributed by atoms with van der Waals surface area (Å²) in [5, 5.41) is 152. The topological polar surface area (TPSA) is 598 Å². The van der Waals surface area contributed by atoms with Crippen molar-refractivity contribution < 1.29 is 132 Å². The molecule has 15 rings (SSSR count). The molecular weight excluding hydrogens is 1730 g/mol. The van der Waals surface area contributed by atoms with Crippen LogP contribution >= 0.6 is 23.2 Å². The number of nitrogens with one attached hydrogen (secondary N) is 9. The maximum atomic E-state index is 16.3. The van der Waals surface area contributed by atoms with Crippen LogP contribution in [0.2, 0.25) is 10.0 Å². The quantitative estimate of drug-likeness (QED) is 0.0314. The minimum Gasteiger partial charge on any atom is -0.508 e. The molecule has 0 radical (unpaired) electrons. The van der Waals surface area contributed by atoms with Crippen LogP contribution in [-0.2, 0) is 65.7 Å². The molecule has 0 spiro atoms. The zero-order valence-electron chi connectivity index (χ0n) is 69.6. The number of aryl methyl sites for hydroxylation is 1. The molecule has 2 fully saturated rings. The maximum Gasteiger partial charge on any atom is 0.330 e. The molecule has 21 N–H and O–H groups in total. The lowest BCUT2D eigenvalue weighted by atomic mass is 9.84. The Hall–Kier alpha value is -12.9. The molecule has 2 saturated heterocycles. The van der Waals surface area contributed by atoms with Crippen LogP contribution in [0.5, 0.6) is 51.7 Å². The second-order valence-electron chi connectivity index (χ2n) is 32.3. The number of aromatic hydroxyl groups is 3. The van der Waals surface area contributed by atoms with Crippen molar-refractivity contribution in [1.82, 2.24) is 42.5 Å². The number of aliphatic carboxylic acids is 1. The summed E-state index contributed by atoms with van der Waals surface area (Å²) in [5.41, 5.74) is 2.31. The Balaban J connectivity index is 0.926. The highest BCUT2D eigenvalue weighted by Gasteiger charge is 2.53. The first-order chi connectivity index (χ1) is 61.3. The molecule has 7 aliphatic heterocycles. The number of aliphatic hydroxyl groups is 6. The van der Waals surface area contributed by atoms with E-state index < -0.39 is 259 Å². The van der Waals surface area contributed by atoms with E-state index in [0.29, 0.717) is 11.1 Å². The lowest BCUT2D eigenvalue weighted by Crippen LogP contribution is -2.65. The van der Waals surface area contributed by atoms with Gasteiger partial charge in [0.2, 0.25) is 59.1 Å². The summed E-state index contributed by atoms with van der Waals surface area (Å²) in [6.07, 6.45) is -19.7. The second-order valence-corrected chi connectivity index (χ2v) is 33.1. The monoisotopic (exact) mass is 1820 g/mol. The van der Waals surface area contributed by atoms with Gasteiger partial charge in [-0.1, -0.05) is 104 Å². The molecular formula is C88H93Cl2N11O28. The summed E-state index contributed by atoms with van der Waals surface area (Å²) in [6, 6.07) is 17.0. The van der Waals surface area contributed by atoms with Gasteiger partial charge >= 0.3 is 11.7 Å². The van der Waals surface area contributed by atoms with Crippen LogP contribution in [0, 0.1) is 23.0 Å². The predicted octanol–water partition coefficient (Wildman–Crippen LogP) is 4.99. The number of likely N-dealkylation sites (N-methyl/N-ethyl adjacent to an activating group) is 1. The Morgan fingerprint density at radius 1 is 0.690 bits per heavy atom. The first-order valence-electron chi connectivity index (χ1n) is 40.6. The number of ether oxygens (including phenoxy) is 7. The predicted molar refractivity (Wildman–Crippen MR) is 455 cm³/mol. The van der Waals surface area contributed by atoms with Crippen LogP contribution in [0.4, 0.5) is 11.4 Å². The number of carboxylic acid groups (broad SMARTS) is 1. The number of phenols is 3. The van der Waals surface area contributed by atoms with Crippen molar-refractivity contribution in [2.45, 2.75) is 176 Å². The average Bonchev–Trinajstić information content (AvgIpc) is 0.949. The van der Waals surface area contributed by atoms with Crippen LogP contribution in [0.3, 0.4) is 0 Å². The zero-order chi connectivity index (χ0) is 93.0. The number of rotatable bonds is 22. The molecule has 8 aromatic rings. The number of benzene rings is 8. The molecule has 7 aliphatic rings. The average molecular weight is 1820 g/mol. The molecule has 129 heavy (non-hydrogen) atoms.